The van der Waals surface area contributed by atoms with E-state index in [1.165, 1.54) is 12.8 Å². The van der Waals surface area contributed by atoms with Crippen LogP contribution < -0.4 is 21.1 Å². The van der Waals surface area contributed by atoms with Crippen molar-refractivity contribution in [2.75, 3.05) is 50.5 Å². The Morgan fingerprint density at radius 3 is 2.88 bits per heavy atom. The van der Waals surface area contributed by atoms with Gasteiger partial charge in [0.2, 0.25) is 5.91 Å². The van der Waals surface area contributed by atoms with Crippen LogP contribution in [-0.2, 0) is 4.79 Å². The van der Waals surface area contributed by atoms with Gasteiger partial charge in [-0.25, -0.2) is 4.98 Å². The average Bonchev–Trinajstić information content (AvgIpc) is 3.51. The SMILES string of the molecule is CNC/C=C/C(=O)N1CC[C@@H](N(CC2CC2)c2cc(-c3ccnc(NC)c3)c[nH]c2=O)C1. The van der Waals surface area contributed by atoms with Crippen LogP contribution in [0, 0.1) is 5.92 Å². The van der Waals surface area contributed by atoms with Gasteiger partial charge in [0.15, 0.2) is 0 Å². The molecule has 2 aliphatic rings. The van der Waals surface area contributed by atoms with E-state index in [4.69, 9.17) is 0 Å². The van der Waals surface area contributed by atoms with Crippen molar-refractivity contribution in [3.63, 3.8) is 0 Å². The minimum atomic E-state index is -0.0870. The fraction of sp³-hybridized carbons (Fsp3) is 0.458. The average molecular weight is 437 g/mol. The molecule has 3 heterocycles. The predicted molar refractivity (Wildman–Crippen MR) is 128 cm³/mol. The molecule has 4 rings (SSSR count). The molecule has 0 radical (unpaired) electrons. The first-order chi connectivity index (χ1) is 15.6. The smallest absolute Gasteiger partial charge is 0.271 e. The highest BCUT2D eigenvalue weighted by Gasteiger charge is 2.34. The summed E-state index contributed by atoms with van der Waals surface area (Å²) in [6.45, 7) is 2.87. The minimum Gasteiger partial charge on any atom is -0.373 e. The summed E-state index contributed by atoms with van der Waals surface area (Å²) in [6, 6.07) is 6.03. The number of amides is 1. The van der Waals surface area contributed by atoms with Crippen molar-refractivity contribution >= 4 is 17.4 Å². The number of aromatic nitrogens is 2. The zero-order valence-electron chi connectivity index (χ0n) is 18.8. The standard InChI is InChI=1S/C24H32N6O2/c1-25-9-3-4-23(31)29-11-8-20(16-29)30(15-17-5-6-17)21-12-19(14-28-24(21)32)18-7-10-27-22(13-18)26-2/h3-4,7,10,12-14,17,20,25H,5-6,8-9,11,15-16H2,1-2H3,(H,26,27)(H,28,32)/b4-3+/t20-/m1/s1. The van der Waals surface area contributed by atoms with Gasteiger partial charge < -0.3 is 25.4 Å². The Hall–Kier alpha value is -3.13. The van der Waals surface area contributed by atoms with Gasteiger partial charge in [0.25, 0.3) is 5.56 Å². The van der Waals surface area contributed by atoms with Gasteiger partial charge in [-0.3, -0.25) is 9.59 Å². The number of likely N-dealkylation sites (tertiary alicyclic amines) is 1. The van der Waals surface area contributed by atoms with Crippen LogP contribution in [0.5, 0.6) is 0 Å². The minimum absolute atomic E-state index is 0.0353. The van der Waals surface area contributed by atoms with E-state index in [-0.39, 0.29) is 17.5 Å². The molecule has 2 aromatic rings. The van der Waals surface area contributed by atoms with E-state index in [2.05, 4.69) is 25.5 Å². The molecule has 8 heteroatoms. The summed E-state index contributed by atoms with van der Waals surface area (Å²) in [5, 5.41) is 6.07. The Morgan fingerprint density at radius 1 is 1.28 bits per heavy atom. The van der Waals surface area contributed by atoms with Crippen LogP contribution >= 0.6 is 0 Å². The number of nitrogens with one attached hydrogen (secondary N) is 3. The first-order valence-corrected chi connectivity index (χ1v) is 11.3. The third-order valence-corrected chi connectivity index (χ3v) is 6.19. The van der Waals surface area contributed by atoms with Crippen LogP contribution in [0.15, 0.2) is 47.5 Å². The second kappa shape index (κ2) is 9.99. The topological polar surface area (TPSA) is 93.4 Å². The Bertz CT molecular complexity index is 1030. The largest absolute Gasteiger partial charge is 0.373 e. The molecule has 2 fully saturated rings. The van der Waals surface area contributed by atoms with E-state index in [0.29, 0.717) is 31.2 Å². The Balaban J connectivity index is 1.58. The normalized spacial score (nSPS) is 18.3. The number of hydrogen-bond acceptors (Lipinski definition) is 6. The van der Waals surface area contributed by atoms with E-state index in [0.717, 1.165) is 29.9 Å². The van der Waals surface area contributed by atoms with Gasteiger partial charge in [0.1, 0.15) is 11.5 Å². The molecule has 8 nitrogen and oxygen atoms in total. The van der Waals surface area contributed by atoms with Gasteiger partial charge in [0.05, 0.1) is 0 Å². The molecule has 0 spiro atoms. The summed E-state index contributed by atoms with van der Waals surface area (Å²) < 4.78 is 0. The molecule has 0 unspecified atom stereocenters. The van der Waals surface area contributed by atoms with E-state index in [1.807, 2.05) is 43.3 Å². The maximum atomic E-state index is 12.9. The van der Waals surface area contributed by atoms with Crippen molar-refractivity contribution in [3.8, 4) is 11.1 Å². The van der Waals surface area contributed by atoms with Gasteiger partial charge >= 0.3 is 0 Å². The summed E-state index contributed by atoms with van der Waals surface area (Å²) in [5.74, 6) is 1.43. The summed E-state index contributed by atoms with van der Waals surface area (Å²) in [7, 11) is 3.69. The Morgan fingerprint density at radius 2 is 2.12 bits per heavy atom. The number of nitrogens with zero attached hydrogens (tertiary/aromatic N) is 3. The molecule has 32 heavy (non-hydrogen) atoms. The van der Waals surface area contributed by atoms with Gasteiger partial charge in [-0.2, -0.15) is 0 Å². The van der Waals surface area contributed by atoms with E-state index >= 15 is 0 Å². The fourth-order valence-corrected chi connectivity index (χ4v) is 4.20. The molecule has 2 aromatic heterocycles. The lowest BCUT2D eigenvalue weighted by molar-refractivity contribution is -0.125. The number of rotatable bonds is 9. The molecule has 1 amide bonds. The Labute approximate surface area is 188 Å². The van der Waals surface area contributed by atoms with Crippen molar-refractivity contribution in [1.29, 1.82) is 0 Å². The highest BCUT2D eigenvalue weighted by Crippen LogP contribution is 2.34. The third-order valence-electron chi connectivity index (χ3n) is 6.19. The molecule has 0 bridgehead atoms. The predicted octanol–water partition coefficient (Wildman–Crippen LogP) is 2.07. The first kappa shape index (κ1) is 22.1. The van der Waals surface area contributed by atoms with Crippen LogP contribution in [0.4, 0.5) is 11.5 Å². The van der Waals surface area contributed by atoms with E-state index in [9.17, 15) is 9.59 Å². The number of anilines is 2. The lowest BCUT2D eigenvalue weighted by atomic mass is 10.1. The molecule has 1 aliphatic heterocycles. The summed E-state index contributed by atoms with van der Waals surface area (Å²) in [4.78, 5) is 36.8. The van der Waals surface area contributed by atoms with Crippen molar-refractivity contribution in [2.45, 2.75) is 25.3 Å². The zero-order chi connectivity index (χ0) is 22.5. The van der Waals surface area contributed by atoms with E-state index < -0.39 is 0 Å². The monoisotopic (exact) mass is 436 g/mol. The van der Waals surface area contributed by atoms with E-state index in [1.54, 1.807) is 18.5 Å². The Kier molecular flexibility index (Phi) is 6.90. The van der Waals surface area contributed by atoms with Gasteiger partial charge in [-0.1, -0.05) is 6.08 Å². The van der Waals surface area contributed by atoms with Crippen molar-refractivity contribution in [2.24, 2.45) is 5.92 Å². The highest BCUT2D eigenvalue weighted by molar-refractivity contribution is 5.88. The zero-order valence-corrected chi connectivity index (χ0v) is 18.8. The van der Waals surface area contributed by atoms with Gasteiger partial charge in [-0.15, -0.1) is 0 Å². The van der Waals surface area contributed by atoms with Crippen LogP contribution in [0.3, 0.4) is 0 Å². The van der Waals surface area contributed by atoms with Crippen LogP contribution in [-0.4, -0.2) is 67.1 Å². The number of H-pyrrole nitrogens is 1. The number of pyridine rings is 2. The second-order valence-corrected chi connectivity index (χ2v) is 8.57. The second-order valence-electron chi connectivity index (χ2n) is 8.57. The maximum absolute atomic E-state index is 12.9. The fourth-order valence-electron chi connectivity index (χ4n) is 4.20. The summed E-state index contributed by atoms with van der Waals surface area (Å²) >= 11 is 0. The third kappa shape index (κ3) is 5.19. The molecule has 1 saturated carbocycles. The molecule has 1 atom stereocenters. The molecule has 1 saturated heterocycles. The summed E-state index contributed by atoms with van der Waals surface area (Å²) in [6.07, 6.45) is 10.3. The number of likely N-dealkylation sites (N-methyl/N-ethyl adjacent to an activating group) is 1. The summed E-state index contributed by atoms with van der Waals surface area (Å²) in [5.41, 5.74) is 2.53. The molecule has 3 N–H and O–H groups in total. The number of carbonyl (C=O) groups excluding carboxylic acids is 1. The quantitative estimate of drug-likeness (QED) is 0.521. The molecular weight excluding hydrogens is 404 g/mol. The highest BCUT2D eigenvalue weighted by atomic mass is 16.2. The number of hydrogen-bond donors (Lipinski definition) is 3. The van der Waals surface area contributed by atoms with Crippen molar-refractivity contribution < 1.29 is 4.79 Å². The maximum Gasteiger partial charge on any atom is 0.271 e. The van der Waals surface area contributed by atoms with Gasteiger partial charge in [-0.05, 0) is 56.0 Å². The van der Waals surface area contributed by atoms with Crippen LogP contribution in [0.25, 0.3) is 11.1 Å². The van der Waals surface area contributed by atoms with Crippen molar-refractivity contribution in [1.82, 2.24) is 20.2 Å². The molecule has 1 aliphatic carbocycles. The van der Waals surface area contributed by atoms with Crippen LogP contribution in [0.2, 0.25) is 0 Å². The van der Waals surface area contributed by atoms with Crippen molar-refractivity contribution in [3.05, 3.63) is 53.1 Å². The molecule has 0 aromatic carbocycles. The number of carbonyl (C=O) groups is 1. The lowest BCUT2D eigenvalue weighted by Gasteiger charge is -2.31. The molecular formula is C24H32N6O2. The number of aromatic amines is 1. The first-order valence-electron chi connectivity index (χ1n) is 11.3. The van der Waals surface area contributed by atoms with Gasteiger partial charge in [0, 0.05) is 63.3 Å². The molecule has 170 valence electrons. The lowest BCUT2D eigenvalue weighted by Crippen LogP contribution is -2.42. The van der Waals surface area contributed by atoms with Crippen LogP contribution in [0.1, 0.15) is 19.3 Å².